The zero-order chi connectivity index (χ0) is 13.8. The molecule has 0 saturated heterocycles. The number of hydrogen-bond donors (Lipinski definition) is 0. The van der Waals surface area contributed by atoms with E-state index in [1.54, 1.807) is 17.0 Å². The van der Waals surface area contributed by atoms with Crippen LogP contribution in [-0.2, 0) is 6.54 Å². The number of hydrogen-bond acceptors (Lipinski definition) is 3. The molecule has 0 radical (unpaired) electrons. The van der Waals surface area contributed by atoms with Crippen LogP contribution in [0.2, 0.25) is 0 Å². The monoisotopic (exact) mass is 400 g/mol. The van der Waals surface area contributed by atoms with Gasteiger partial charge in [0.25, 0.3) is 5.69 Å². The number of pyridine rings is 1. The number of ketones is 1. The summed E-state index contributed by atoms with van der Waals surface area (Å²) in [5, 5.41) is 10.5. The third-order valence-electron chi connectivity index (χ3n) is 2.55. The molecule has 0 aliphatic rings. The van der Waals surface area contributed by atoms with Gasteiger partial charge in [0.1, 0.15) is 0 Å². The highest BCUT2D eigenvalue weighted by Crippen LogP contribution is 2.12. The van der Waals surface area contributed by atoms with E-state index in [-0.39, 0.29) is 35.0 Å². The third kappa shape index (κ3) is 4.21. The van der Waals surface area contributed by atoms with Crippen LogP contribution in [0.5, 0.6) is 0 Å². The molecule has 0 N–H and O–H groups in total. The summed E-state index contributed by atoms with van der Waals surface area (Å²) in [6, 6.07) is 9.30. The molecule has 0 amide bonds. The van der Waals surface area contributed by atoms with Crippen molar-refractivity contribution in [3.05, 3.63) is 68.9 Å². The molecule has 0 saturated carbocycles. The van der Waals surface area contributed by atoms with Crippen LogP contribution in [0.3, 0.4) is 0 Å². The van der Waals surface area contributed by atoms with E-state index in [9.17, 15) is 14.9 Å². The zero-order valence-electron chi connectivity index (χ0n) is 10.2. The summed E-state index contributed by atoms with van der Waals surface area (Å²) >= 11 is 3.33. The summed E-state index contributed by atoms with van der Waals surface area (Å²) in [5.74, 6) is -0.0991. The lowest BCUT2D eigenvalue weighted by Gasteiger charge is -1.98. The lowest BCUT2D eigenvalue weighted by Crippen LogP contribution is -3.00. The maximum Gasteiger partial charge on any atom is 0.269 e. The van der Waals surface area contributed by atoms with E-state index in [0.29, 0.717) is 5.56 Å². The van der Waals surface area contributed by atoms with Gasteiger partial charge in [-0.05, 0) is 34.1 Å². The lowest BCUT2D eigenvalue weighted by atomic mass is 10.1. The summed E-state index contributed by atoms with van der Waals surface area (Å²) in [6.45, 7) is 0.192. The van der Waals surface area contributed by atoms with Crippen LogP contribution < -0.4 is 21.5 Å². The van der Waals surface area contributed by atoms with Crippen LogP contribution in [-0.4, -0.2) is 10.7 Å². The van der Waals surface area contributed by atoms with Gasteiger partial charge in [-0.3, -0.25) is 14.9 Å². The minimum Gasteiger partial charge on any atom is -1.00 e. The van der Waals surface area contributed by atoms with E-state index in [1.165, 1.54) is 24.3 Å². The number of nitro benzene ring substituents is 1. The lowest BCUT2D eigenvalue weighted by molar-refractivity contribution is -0.683. The summed E-state index contributed by atoms with van der Waals surface area (Å²) in [5.41, 5.74) is 0.435. The molecule has 7 heteroatoms. The predicted octanol–water partition coefficient (Wildman–Crippen LogP) is -0.468. The van der Waals surface area contributed by atoms with Crippen LogP contribution >= 0.6 is 15.9 Å². The largest absolute Gasteiger partial charge is 1.00 e. The molecule has 0 unspecified atom stereocenters. The second kappa shape index (κ2) is 7.25. The number of rotatable bonds is 4. The zero-order valence-corrected chi connectivity index (χ0v) is 13.4. The highest BCUT2D eigenvalue weighted by atomic mass is 79.9. The Labute approximate surface area is 134 Å². The summed E-state index contributed by atoms with van der Waals surface area (Å²) < 4.78 is 2.62. The Hall–Kier alpha value is -1.60. The molecule has 0 spiro atoms. The van der Waals surface area contributed by atoms with E-state index >= 15 is 0 Å². The summed E-state index contributed by atoms with van der Waals surface area (Å²) in [6.07, 6.45) is 3.58. The second-order valence-electron chi connectivity index (χ2n) is 3.92. The molecule has 1 aromatic carbocycles. The molecule has 2 rings (SSSR count). The fraction of sp³-hybridized carbons (Fsp3) is 0.0769. The average Bonchev–Trinajstić information content (AvgIpc) is 2.39. The first-order valence-electron chi connectivity index (χ1n) is 5.48. The number of carbonyl (C=O) groups is 1. The number of carbonyl (C=O) groups excluding carboxylic acids is 1. The third-order valence-corrected chi connectivity index (χ3v) is 3.02. The Bertz CT molecular complexity index is 630. The number of nitrogens with zero attached hydrogens (tertiary/aromatic N) is 2. The molecule has 104 valence electrons. The van der Waals surface area contributed by atoms with Crippen LogP contribution in [0, 0.1) is 10.1 Å². The average molecular weight is 402 g/mol. The van der Waals surface area contributed by atoms with Gasteiger partial charge in [0.15, 0.2) is 12.4 Å². The van der Waals surface area contributed by atoms with Gasteiger partial charge in [0, 0.05) is 23.8 Å². The van der Waals surface area contributed by atoms with Crippen molar-refractivity contribution in [2.75, 3.05) is 0 Å². The smallest absolute Gasteiger partial charge is 0.269 e. The van der Waals surface area contributed by atoms with Crippen LogP contribution in [0.15, 0.2) is 53.3 Å². The Morgan fingerprint density at radius 3 is 2.45 bits per heavy atom. The van der Waals surface area contributed by atoms with E-state index in [0.717, 1.165) is 4.47 Å². The first-order valence-corrected chi connectivity index (χ1v) is 6.28. The molecule has 20 heavy (non-hydrogen) atoms. The molecule has 1 aromatic heterocycles. The predicted molar refractivity (Wildman–Crippen MR) is 71.8 cm³/mol. The minimum absolute atomic E-state index is 0. The van der Waals surface area contributed by atoms with Crippen LogP contribution in [0.25, 0.3) is 0 Å². The van der Waals surface area contributed by atoms with Gasteiger partial charge in [-0.2, -0.15) is 4.57 Å². The Morgan fingerprint density at radius 1 is 1.25 bits per heavy atom. The van der Waals surface area contributed by atoms with E-state index < -0.39 is 4.92 Å². The van der Waals surface area contributed by atoms with Gasteiger partial charge < -0.3 is 17.0 Å². The number of Topliss-reactive ketones (excluding diaryl/α,β-unsaturated/α-hetero) is 1. The highest BCUT2D eigenvalue weighted by Gasteiger charge is 2.13. The SMILES string of the molecule is O=C(C[n+]1cccc(Br)c1)c1ccc([N+](=O)[O-])cc1.[Br-]. The molecule has 0 atom stereocenters. The van der Waals surface area contributed by atoms with Crippen molar-refractivity contribution in [1.29, 1.82) is 0 Å². The van der Waals surface area contributed by atoms with Gasteiger partial charge in [-0.1, -0.05) is 0 Å². The quantitative estimate of drug-likeness (QED) is 0.301. The molecule has 2 aromatic rings. The number of nitro groups is 1. The second-order valence-corrected chi connectivity index (χ2v) is 4.84. The summed E-state index contributed by atoms with van der Waals surface area (Å²) in [4.78, 5) is 22.0. The topological polar surface area (TPSA) is 64.1 Å². The molecule has 1 heterocycles. The Kier molecular flexibility index (Phi) is 5.97. The molecule has 0 aliphatic carbocycles. The van der Waals surface area contributed by atoms with Gasteiger partial charge in [0.2, 0.25) is 12.3 Å². The first-order chi connectivity index (χ1) is 9.06. The number of benzene rings is 1. The van der Waals surface area contributed by atoms with Gasteiger partial charge in [-0.15, -0.1) is 0 Å². The number of non-ortho nitro benzene ring substituents is 1. The molecule has 0 aliphatic heterocycles. The Balaban J connectivity index is 0.00000200. The van der Waals surface area contributed by atoms with Crippen molar-refractivity contribution in [1.82, 2.24) is 0 Å². The van der Waals surface area contributed by atoms with Crippen molar-refractivity contribution in [3.63, 3.8) is 0 Å². The number of halogens is 2. The molecular weight excluding hydrogens is 392 g/mol. The fourth-order valence-corrected chi connectivity index (χ4v) is 2.03. The highest BCUT2D eigenvalue weighted by molar-refractivity contribution is 9.10. The molecule has 0 bridgehead atoms. The molecule has 0 fully saturated rings. The van der Waals surface area contributed by atoms with Crippen molar-refractivity contribution in [3.8, 4) is 0 Å². The standard InChI is InChI=1S/C13H10BrN2O3.BrH/c14-11-2-1-7-15(8-11)9-13(17)10-3-5-12(6-4-10)16(18)19;/h1-8H,9H2;1H/q+1;/p-1. The van der Waals surface area contributed by atoms with E-state index in [1.807, 2.05) is 12.1 Å². The van der Waals surface area contributed by atoms with Gasteiger partial charge in [0.05, 0.1) is 9.40 Å². The van der Waals surface area contributed by atoms with E-state index in [4.69, 9.17) is 0 Å². The van der Waals surface area contributed by atoms with E-state index in [2.05, 4.69) is 15.9 Å². The maximum atomic E-state index is 12.0. The Morgan fingerprint density at radius 2 is 1.90 bits per heavy atom. The van der Waals surface area contributed by atoms with Gasteiger partial charge >= 0.3 is 0 Å². The van der Waals surface area contributed by atoms with Crippen molar-refractivity contribution in [2.45, 2.75) is 6.54 Å². The van der Waals surface area contributed by atoms with Crippen LogP contribution in [0.4, 0.5) is 5.69 Å². The normalized spacial score (nSPS) is 9.65. The minimum atomic E-state index is -0.489. The maximum absolute atomic E-state index is 12.0. The molecule has 5 nitrogen and oxygen atoms in total. The first kappa shape index (κ1) is 16.5. The van der Waals surface area contributed by atoms with Gasteiger partial charge in [-0.25, -0.2) is 0 Å². The fourth-order valence-electron chi connectivity index (χ4n) is 1.61. The summed E-state index contributed by atoms with van der Waals surface area (Å²) in [7, 11) is 0. The van der Waals surface area contributed by atoms with Crippen LogP contribution in [0.1, 0.15) is 10.4 Å². The van der Waals surface area contributed by atoms with Crippen molar-refractivity contribution in [2.24, 2.45) is 0 Å². The number of aromatic nitrogens is 1. The molecular formula is C13H10Br2N2O3. The van der Waals surface area contributed by atoms with Crippen molar-refractivity contribution < 1.29 is 31.3 Å². The van der Waals surface area contributed by atoms with Crippen molar-refractivity contribution >= 4 is 27.4 Å².